The van der Waals surface area contributed by atoms with Gasteiger partial charge in [0.1, 0.15) is 0 Å². The summed E-state index contributed by atoms with van der Waals surface area (Å²) in [5, 5.41) is 12.5. The minimum Gasteiger partial charge on any atom is -0.396 e. The van der Waals surface area contributed by atoms with Gasteiger partial charge in [-0.3, -0.25) is 4.72 Å². The highest BCUT2D eigenvalue weighted by molar-refractivity contribution is 7.92. The smallest absolute Gasteiger partial charge is 0.263 e. The van der Waals surface area contributed by atoms with Gasteiger partial charge < -0.3 is 10.4 Å². The molecule has 0 unspecified atom stereocenters. The van der Waals surface area contributed by atoms with Crippen LogP contribution >= 0.6 is 0 Å². The van der Waals surface area contributed by atoms with Crippen molar-refractivity contribution in [3.05, 3.63) is 54.6 Å². The van der Waals surface area contributed by atoms with E-state index in [1.54, 1.807) is 24.3 Å². The Kier molecular flexibility index (Phi) is 4.91. The lowest BCUT2D eigenvalue weighted by atomic mass is 10.0. The highest BCUT2D eigenvalue weighted by Gasteiger charge is 2.41. The van der Waals surface area contributed by atoms with E-state index in [0.29, 0.717) is 29.8 Å². The molecule has 28 heavy (non-hydrogen) atoms. The lowest BCUT2D eigenvalue weighted by Gasteiger charge is -2.18. The van der Waals surface area contributed by atoms with Gasteiger partial charge in [0.25, 0.3) is 10.0 Å². The van der Waals surface area contributed by atoms with Crippen LogP contribution < -0.4 is 10.0 Å². The summed E-state index contributed by atoms with van der Waals surface area (Å²) in [5.41, 5.74) is 1.34. The number of rotatable bonds is 8. The minimum absolute atomic E-state index is 0.0532. The van der Waals surface area contributed by atoms with E-state index < -0.39 is 10.0 Å². The molecule has 0 bridgehead atoms. The van der Waals surface area contributed by atoms with E-state index in [-0.39, 0.29) is 22.7 Å². The van der Waals surface area contributed by atoms with Gasteiger partial charge in [-0.25, -0.2) is 18.4 Å². The van der Waals surface area contributed by atoms with Gasteiger partial charge in [0, 0.05) is 13.2 Å². The van der Waals surface area contributed by atoms with Crippen molar-refractivity contribution in [2.45, 2.75) is 24.2 Å². The summed E-state index contributed by atoms with van der Waals surface area (Å²) < 4.78 is 28.1. The summed E-state index contributed by atoms with van der Waals surface area (Å²) in [6.45, 7) is 0.749. The molecule has 0 spiro atoms. The zero-order valence-corrected chi connectivity index (χ0v) is 16.1. The zero-order chi connectivity index (χ0) is 19.6. The molecule has 8 heteroatoms. The third-order valence-corrected chi connectivity index (χ3v) is 6.44. The van der Waals surface area contributed by atoms with Crippen molar-refractivity contribution < 1.29 is 13.5 Å². The molecule has 1 aliphatic rings. The third kappa shape index (κ3) is 3.93. The summed E-state index contributed by atoms with van der Waals surface area (Å²) in [6, 6.07) is 15.5. The normalized spacial score (nSPS) is 15.3. The first kappa shape index (κ1) is 18.6. The molecular weight excluding hydrogens is 376 g/mol. The van der Waals surface area contributed by atoms with Crippen molar-refractivity contribution in [3.63, 3.8) is 0 Å². The maximum absolute atomic E-state index is 12.8. The molecule has 0 amide bonds. The van der Waals surface area contributed by atoms with E-state index in [2.05, 4.69) is 20.0 Å². The predicted molar refractivity (Wildman–Crippen MR) is 109 cm³/mol. The molecule has 7 nitrogen and oxygen atoms in total. The molecule has 0 atom stereocenters. The van der Waals surface area contributed by atoms with Crippen LogP contribution in [0.3, 0.4) is 0 Å². The molecule has 146 valence electrons. The van der Waals surface area contributed by atoms with Gasteiger partial charge in [-0.05, 0) is 48.9 Å². The van der Waals surface area contributed by atoms with Gasteiger partial charge in [-0.2, -0.15) is 0 Å². The lowest BCUT2D eigenvalue weighted by Crippen LogP contribution is -2.20. The number of aliphatic hydroxyl groups excluding tert-OH is 1. The number of hydrogen-bond donors (Lipinski definition) is 3. The number of nitrogens with zero attached hydrogens (tertiary/aromatic N) is 2. The second kappa shape index (κ2) is 7.37. The minimum atomic E-state index is -3.79. The first-order valence-electron chi connectivity index (χ1n) is 9.21. The second-order valence-corrected chi connectivity index (χ2v) is 8.84. The van der Waals surface area contributed by atoms with Crippen LogP contribution in [0.4, 0.5) is 11.6 Å². The fourth-order valence-corrected chi connectivity index (χ4v) is 4.21. The van der Waals surface area contributed by atoms with E-state index in [0.717, 1.165) is 12.8 Å². The van der Waals surface area contributed by atoms with Gasteiger partial charge in [-0.15, -0.1) is 0 Å². The van der Waals surface area contributed by atoms with Gasteiger partial charge in [0.05, 0.1) is 15.9 Å². The predicted octanol–water partition coefficient (Wildman–Crippen LogP) is 3.01. The molecule has 3 N–H and O–H groups in total. The van der Waals surface area contributed by atoms with Crippen molar-refractivity contribution in [1.29, 1.82) is 0 Å². The number of fused-ring (bicyclic) bond motifs is 1. The maximum Gasteiger partial charge on any atom is 0.263 e. The van der Waals surface area contributed by atoms with E-state index in [1.165, 1.54) is 12.1 Å². The van der Waals surface area contributed by atoms with Gasteiger partial charge >= 0.3 is 0 Å². The molecule has 0 aliphatic heterocycles. The summed E-state index contributed by atoms with van der Waals surface area (Å²) in [4.78, 5) is 9.23. The van der Waals surface area contributed by atoms with Crippen molar-refractivity contribution in [3.8, 4) is 0 Å². The van der Waals surface area contributed by atoms with Crippen molar-refractivity contribution in [2.75, 3.05) is 23.2 Å². The van der Waals surface area contributed by atoms with Crippen molar-refractivity contribution >= 4 is 32.7 Å². The van der Waals surface area contributed by atoms with Crippen LogP contribution in [-0.4, -0.2) is 36.6 Å². The Labute approximate surface area is 163 Å². The molecule has 3 aromatic rings. The highest BCUT2D eigenvalue weighted by atomic mass is 32.2. The molecule has 1 heterocycles. The number of aliphatic hydroxyl groups is 1. The van der Waals surface area contributed by atoms with Crippen LogP contribution in [0.25, 0.3) is 11.0 Å². The number of anilines is 2. The average Bonchev–Trinajstić information content (AvgIpc) is 3.47. The topological polar surface area (TPSA) is 104 Å². The first-order chi connectivity index (χ1) is 13.5. The van der Waals surface area contributed by atoms with Gasteiger partial charge in [-0.1, -0.05) is 30.3 Å². The lowest BCUT2D eigenvalue weighted by molar-refractivity contribution is 0.253. The van der Waals surface area contributed by atoms with Crippen LogP contribution in [0.2, 0.25) is 0 Å². The molecule has 1 aliphatic carbocycles. The molecule has 0 radical (unpaired) electrons. The molecule has 4 rings (SSSR count). The van der Waals surface area contributed by atoms with E-state index in [9.17, 15) is 13.5 Å². The highest BCUT2D eigenvalue weighted by Crippen LogP contribution is 2.48. The Bertz CT molecular complexity index is 1080. The van der Waals surface area contributed by atoms with Crippen LogP contribution in [0.1, 0.15) is 19.3 Å². The van der Waals surface area contributed by atoms with Crippen LogP contribution in [-0.2, 0) is 10.0 Å². The molecule has 1 fully saturated rings. The fourth-order valence-electron chi connectivity index (χ4n) is 3.18. The summed E-state index contributed by atoms with van der Waals surface area (Å²) in [7, 11) is -3.79. The molecule has 2 aromatic carbocycles. The number of nitrogens with one attached hydrogen (secondary N) is 2. The number of aromatic nitrogens is 2. The molecule has 1 saturated carbocycles. The Morgan fingerprint density at radius 1 is 0.929 bits per heavy atom. The Morgan fingerprint density at radius 2 is 1.54 bits per heavy atom. The van der Waals surface area contributed by atoms with Crippen molar-refractivity contribution in [1.82, 2.24) is 9.97 Å². The third-order valence-electron chi connectivity index (χ3n) is 5.09. The molecular formula is C20H22N4O3S. The van der Waals surface area contributed by atoms with Gasteiger partial charge in [0.15, 0.2) is 11.6 Å². The Balaban J connectivity index is 1.67. The zero-order valence-electron chi connectivity index (χ0n) is 15.3. The second-order valence-electron chi connectivity index (χ2n) is 7.16. The average molecular weight is 398 g/mol. The number of para-hydroxylation sites is 2. The van der Waals surface area contributed by atoms with Crippen LogP contribution in [0.5, 0.6) is 0 Å². The summed E-state index contributed by atoms with van der Waals surface area (Å²) >= 11 is 0. The van der Waals surface area contributed by atoms with Crippen molar-refractivity contribution in [2.24, 2.45) is 5.41 Å². The number of sulfonamides is 1. The summed E-state index contributed by atoms with van der Waals surface area (Å²) in [6.07, 6.45) is 2.78. The number of benzene rings is 2. The number of hydrogen-bond acceptors (Lipinski definition) is 6. The molecule has 0 saturated heterocycles. The monoisotopic (exact) mass is 398 g/mol. The standard InChI is InChI=1S/C20H22N4O3S/c25-13-12-20(10-11-20)14-21-18-19(23-17-9-5-4-8-16(17)22-18)24-28(26,27)15-6-2-1-3-7-15/h1-9,25H,10-14H2,(H,21,22)(H,23,24). The van der Waals surface area contributed by atoms with Crippen LogP contribution in [0, 0.1) is 5.41 Å². The quantitative estimate of drug-likeness (QED) is 0.539. The SMILES string of the molecule is O=S(=O)(Nc1nc2ccccc2nc1NCC1(CCO)CC1)c1ccccc1. The van der Waals surface area contributed by atoms with Gasteiger partial charge in [0.2, 0.25) is 0 Å². The Hall–Kier alpha value is -2.71. The largest absolute Gasteiger partial charge is 0.396 e. The van der Waals surface area contributed by atoms with E-state index >= 15 is 0 Å². The first-order valence-corrected chi connectivity index (χ1v) is 10.7. The fraction of sp³-hybridized carbons (Fsp3) is 0.300. The van der Waals surface area contributed by atoms with Crippen LogP contribution in [0.15, 0.2) is 59.5 Å². The summed E-state index contributed by atoms with van der Waals surface area (Å²) in [5.74, 6) is 0.560. The van der Waals surface area contributed by atoms with E-state index in [4.69, 9.17) is 0 Å². The molecule has 1 aromatic heterocycles. The maximum atomic E-state index is 12.8. The van der Waals surface area contributed by atoms with E-state index in [1.807, 2.05) is 18.2 Å². The Morgan fingerprint density at radius 3 is 2.14 bits per heavy atom.